The predicted molar refractivity (Wildman–Crippen MR) is 128 cm³/mol. The predicted octanol–water partition coefficient (Wildman–Crippen LogP) is 2.95. The third-order valence-electron chi connectivity index (χ3n) is 5.73. The van der Waals surface area contributed by atoms with Gasteiger partial charge < -0.3 is 20.8 Å². The monoisotopic (exact) mass is 460 g/mol. The van der Waals surface area contributed by atoms with E-state index < -0.39 is 36.0 Å². The van der Waals surface area contributed by atoms with Gasteiger partial charge in [-0.05, 0) is 48.2 Å². The van der Waals surface area contributed by atoms with Gasteiger partial charge >= 0.3 is 5.97 Å². The van der Waals surface area contributed by atoms with Crippen molar-refractivity contribution < 1.29 is 24.6 Å². The van der Waals surface area contributed by atoms with Crippen molar-refractivity contribution in [3.63, 3.8) is 0 Å². The Labute approximate surface area is 198 Å². The number of aliphatic hydroxyl groups is 1. The minimum atomic E-state index is -1.71. The zero-order valence-corrected chi connectivity index (χ0v) is 19.1. The van der Waals surface area contributed by atoms with E-state index in [0.717, 1.165) is 16.7 Å². The molecule has 0 saturated carbocycles. The van der Waals surface area contributed by atoms with Gasteiger partial charge in [-0.2, -0.15) is 0 Å². The highest BCUT2D eigenvalue weighted by Gasteiger charge is 2.32. The van der Waals surface area contributed by atoms with Crippen molar-refractivity contribution in [3.05, 3.63) is 107 Å². The zero-order chi connectivity index (χ0) is 24.7. The molecule has 0 spiro atoms. The summed E-state index contributed by atoms with van der Waals surface area (Å²) in [5.74, 6) is -2.57. The Morgan fingerprint density at radius 1 is 0.794 bits per heavy atom. The molecule has 3 aromatic carbocycles. The number of rotatable bonds is 9. The summed E-state index contributed by atoms with van der Waals surface area (Å²) in [6.07, 6.45) is -1.64. The maximum atomic E-state index is 13.0. The van der Waals surface area contributed by atoms with Gasteiger partial charge in [-0.1, -0.05) is 66.7 Å². The van der Waals surface area contributed by atoms with Gasteiger partial charge in [0.15, 0.2) is 6.10 Å². The first-order chi connectivity index (χ1) is 16.3. The number of nitrogens with one attached hydrogen (secondary N) is 2. The molecule has 4 N–H and O–H groups in total. The Bertz CT molecular complexity index is 1130. The van der Waals surface area contributed by atoms with E-state index in [2.05, 4.69) is 10.6 Å². The van der Waals surface area contributed by atoms with Crippen molar-refractivity contribution in [2.75, 3.05) is 0 Å². The van der Waals surface area contributed by atoms with Crippen LogP contribution in [0.1, 0.15) is 38.7 Å². The van der Waals surface area contributed by atoms with E-state index >= 15 is 0 Å². The molecule has 3 aromatic rings. The second-order valence-corrected chi connectivity index (χ2v) is 8.15. The van der Waals surface area contributed by atoms with Gasteiger partial charge in [0, 0.05) is 12.0 Å². The quantitative estimate of drug-likeness (QED) is 0.392. The van der Waals surface area contributed by atoms with Crippen LogP contribution < -0.4 is 10.6 Å². The lowest BCUT2D eigenvalue weighted by atomic mass is 9.95. The molecular weight excluding hydrogens is 432 g/mol. The number of carboxylic acids is 1. The largest absolute Gasteiger partial charge is 0.480 e. The molecule has 0 heterocycles. The Balaban J connectivity index is 1.81. The molecule has 3 rings (SSSR count). The molecular formula is C27H28N2O5. The molecule has 0 radical (unpaired) electrons. The summed E-state index contributed by atoms with van der Waals surface area (Å²) < 4.78 is 0. The maximum Gasteiger partial charge on any atom is 0.326 e. The van der Waals surface area contributed by atoms with E-state index in [4.69, 9.17) is 0 Å². The number of hydrogen-bond donors (Lipinski definition) is 4. The van der Waals surface area contributed by atoms with Crippen LogP contribution in [0, 0.1) is 13.8 Å². The van der Waals surface area contributed by atoms with Gasteiger partial charge in [0.05, 0.1) is 6.04 Å². The summed E-state index contributed by atoms with van der Waals surface area (Å²) >= 11 is 0. The number of amides is 2. The minimum Gasteiger partial charge on any atom is -0.480 e. The van der Waals surface area contributed by atoms with E-state index in [9.17, 15) is 24.6 Å². The van der Waals surface area contributed by atoms with Gasteiger partial charge in [0.1, 0.15) is 6.04 Å². The van der Waals surface area contributed by atoms with E-state index in [-0.39, 0.29) is 6.42 Å². The molecule has 3 atom stereocenters. The fourth-order valence-electron chi connectivity index (χ4n) is 3.80. The number of benzene rings is 3. The molecule has 2 amide bonds. The third-order valence-corrected chi connectivity index (χ3v) is 5.73. The Hall–Kier alpha value is -3.97. The average Bonchev–Trinajstić information content (AvgIpc) is 2.84. The van der Waals surface area contributed by atoms with Crippen LogP contribution in [-0.4, -0.2) is 40.1 Å². The lowest BCUT2D eigenvalue weighted by Crippen LogP contribution is -2.51. The molecule has 7 nitrogen and oxygen atoms in total. The van der Waals surface area contributed by atoms with Crippen LogP contribution in [0.25, 0.3) is 0 Å². The SMILES string of the molecule is Cc1cccc(C)c1C[C@H](NC(=O)[C@H](O)[C@@H](NC(=O)c1ccccc1)c1ccccc1)C(=O)O. The van der Waals surface area contributed by atoms with Crippen LogP contribution in [0.2, 0.25) is 0 Å². The summed E-state index contributed by atoms with van der Waals surface area (Å²) in [7, 11) is 0. The van der Waals surface area contributed by atoms with E-state index in [1.807, 2.05) is 32.0 Å². The molecule has 0 fully saturated rings. The standard InChI is InChI=1S/C27H28N2O5/c1-17-10-9-11-18(2)21(17)16-22(27(33)34)28-26(32)24(30)23(19-12-5-3-6-13-19)29-25(31)20-14-7-4-8-15-20/h3-15,22-24,30H,16H2,1-2H3,(H,28,32)(H,29,31)(H,33,34)/t22-,23-,24+/m0/s1. The maximum absolute atomic E-state index is 13.0. The number of aliphatic carboxylic acids is 1. The number of carbonyl (C=O) groups is 3. The van der Waals surface area contributed by atoms with Crippen LogP contribution in [0.4, 0.5) is 0 Å². The highest BCUT2D eigenvalue weighted by Crippen LogP contribution is 2.20. The number of hydrogen-bond acceptors (Lipinski definition) is 4. The van der Waals surface area contributed by atoms with E-state index in [1.165, 1.54) is 0 Å². The molecule has 34 heavy (non-hydrogen) atoms. The van der Waals surface area contributed by atoms with Crippen LogP contribution >= 0.6 is 0 Å². The molecule has 176 valence electrons. The van der Waals surface area contributed by atoms with Crippen molar-refractivity contribution in [1.82, 2.24) is 10.6 Å². The summed E-state index contributed by atoms with van der Waals surface area (Å²) in [5.41, 5.74) is 3.53. The fraction of sp³-hybridized carbons (Fsp3) is 0.222. The van der Waals surface area contributed by atoms with Gasteiger partial charge in [-0.25, -0.2) is 4.79 Å². The highest BCUT2D eigenvalue weighted by atomic mass is 16.4. The first kappa shape index (κ1) is 24.7. The number of carboxylic acid groups (broad SMARTS) is 1. The summed E-state index contributed by atoms with van der Waals surface area (Å²) in [5, 5.41) is 25.8. The van der Waals surface area contributed by atoms with Crippen molar-refractivity contribution in [2.45, 2.75) is 38.5 Å². The van der Waals surface area contributed by atoms with Gasteiger partial charge in [0.2, 0.25) is 0 Å². The molecule has 7 heteroatoms. The van der Waals surface area contributed by atoms with Crippen molar-refractivity contribution in [2.24, 2.45) is 0 Å². The second kappa shape index (κ2) is 11.2. The van der Waals surface area contributed by atoms with Gasteiger partial charge in [-0.3, -0.25) is 9.59 Å². The van der Waals surface area contributed by atoms with Crippen molar-refractivity contribution >= 4 is 17.8 Å². The van der Waals surface area contributed by atoms with Crippen LogP contribution in [0.15, 0.2) is 78.9 Å². The Morgan fingerprint density at radius 2 is 1.35 bits per heavy atom. The van der Waals surface area contributed by atoms with Crippen molar-refractivity contribution in [1.29, 1.82) is 0 Å². The summed E-state index contributed by atoms with van der Waals surface area (Å²) in [4.78, 5) is 37.7. The molecule has 0 bridgehead atoms. The zero-order valence-electron chi connectivity index (χ0n) is 19.1. The first-order valence-electron chi connectivity index (χ1n) is 10.9. The topological polar surface area (TPSA) is 116 Å². The Kier molecular flexibility index (Phi) is 8.16. The van der Waals surface area contributed by atoms with Gasteiger partial charge in [-0.15, -0.1) is 0 Å². The lowest BCUT2D eigenvalue weighted by molar-refractivity contribution is -0.143. The number of aryl methyl sites for hydroxylation is 2. The smallest absolute Gasteiger partial charge is 0.326 e. The molecule has 0 aliphatic carbocycles. The first-order valence-corrected chi connectivity index (χ1v) is 10.9. The third kappa shape index (κ3) is 6.08. The Morgan fingerprint density at radius 3 is 1.91 bits per heavy atom. The molecule has 0 aliphatic heterocycles. The summed E-state index contributed by atoms with van der Waals surface area (Å²) in [6, 6.07) is 20.3. The molecule has 0 aliphatic rings. The van der Waals surface area contributed by atoms with Crippen LogP contribution in [0.3, 0.4) is 0 Å². The van der Waals surface area contributed by atoms with Crippen LogP contribution in [0.5, 0.6) is 0 Å². The normalized spacial score (nSPS) is 13.4. The fourth-order valence-corrected chi connectivity index (χ4v) is 3.80. The second-order valence-electron chi connectivity index (χ2n) is 8.15. The van der Waals surface area contributed by atoms with E-state index in [0.29, 0.717) is 11.1 Å². The van der Waals surface area contributed by atoms with Crippen LogP contribution in [-0.2, 0) is 16.0 Å². The number of aliphatic hydroxyl groups excluding tert-OH is 1. The molecule has 0 aromatic heterocycles. The summed E-state index contributed by atoms with van der Waals surface area (Å²) in [6.45, 7) is 3.75. The molecule has 0 saturated heterocycles. The average molecular weight is 461 g/mol. The lowest BCUT2D eigenvalue weighted by Gasteiger charge is -2.26. The minimum absolute atomic E-state index is 0.0681. The van der Waals surface area contributed by atoms with Gasteiger partial charge in [0.25, 0.3) is 11.8 Å². The molecule has 0 unspecified atom stereocenters. The highest BCUT2D eigenvalue weighted by molar-refractivity contribution is 5.95. The van der Waals surface area contributed by atoms with E-state index in [1.54, 1.807) is 60.7 Å². The van der Waals surface area contributed by atoms with Crippen molar-refractivity contribution in [3.8, 4) is 0 Å². The number of carbonyl (C=O) groups excluding carboxylic acids is 2.